The number of carbonyl (C=O) groups is 2. The second-order valence-corrected chi connectivity index (χ2v) is 7.74. The standard InChI is InChI=1S/C21H18N2O5S/c1-11-20(29-12(2)22-11)18(24)16-17(15-8-5-9-28-15)23(21(26)19(16)25)13-6-4-7-14(10-13)27-3/h4-10,17,25H,1-3H3. The van der Waals surface area contributed by atoms with E-state index in [4.69, 9.17) is 9.15 Å². The van der Waals surface area contributed by atoms with Crippen molar-refractivity contribution >= 4 is 28.7 Å². The Kier molecular flexibility index (Phi) is 4.71. The summed E-state index contributed by atoms with van der Waals surface area (Å²) < 4.78 is 10.8. The molecule has 3 aromatic rings. The zero-order valence-electron chi connectivity index (χ0n) is 16.0. The molecule has 148 valence electrons. The van der Waals surface area contributed by atoms with Crippen molar-refractivity contribution in [2.45, 2.75) is 19.9 Å². The minimum atomic E-state index is -0.904. The maximum absolute atomic E-state index is 13.3. The molecule has 3 heterocycles. The van der Waals surface area contributed by atoms with Crippen LogP contribution in [0.2, 0.25) is 0 Å². The van der Waals surface area contributed by atoms with E-state index < -0.39 is 23.5 Å². The largest absolute Gasteiger partial charge is 0.503 e. The number of ether oxygens (including phenoxy) is 1. The van der Waals surface area contributed by atoms with Gasteiger partial charge < -0.3 is 14.3 Å². The van der Waals surface area contributed by atoms with Gasteiger partial charge in [-0.15, -0.1) is 11.3 Å². The van der Waals surface area contributed by atoms with Gasteiger partial charge in [0, 0.05) is 11.8 Å². The molecule has 1 unspecified atom stereocenters. The molecule has 4 rings (SSSR count). The summed E-state index contributed by atoms with van der Waals surface area (Å²) in [6, 6.07) is 9.28. The first kappa shape index (κ1) is 18.9. The number of carbonyl (C=O) groups excluding carboxylic acids is 2. The second kappa shape index (κ2) is 7.21. The number of Topliss-reactive ketones (excluding diaryl/α,β-unsaturated/α-hetero) is 1. The van der Waals surface area contributed by atoms with Crippen LogP contribution in [0.5, 0.6) is 5.75 Å². The Morgan fingerprint density at radius 3 is 2.69 bits per heavy atom. The molecule has 7 nitrogen and oxygen atoms in total. The first-order valence-corrected chi connectivity index (χ1v) is 9.67. The molecule has 0 spiro atoms. The van der Waals surface area contributed by atoms with Gasteiger partial charge in [0.15, 0.2) is 5.76 Å². The SMILES string of the molecule is COc1cccc(N2C(=O)C(O)=C(C(=O)c3sc(C)nc3C)C2c2ccco2)c1. The minimum Gasteiger partial charge on any atom is -0.503 e. The summed E-state index contributed by atoms with van der Waals surface area (Å²) in [6.07, 6.45) is 1.46. The molecule has 0 saturated carbocycles. The van der Waals surface area contributed by atoms with Crippen LogP contribution in [0, 0.1) is 13.8 Å². The van der Waals surface area contributed by atoms with E-state index in [1.54, 1.807) is 50.2 Å². The number of aromatic nitrogens is 1. The number of aliphatic hydroxyl groups excluding tert-OH is 1. The number of methoxy groups -OCH3 is 1. The van der Waals surface area contributed by atoms with Crippen LogP contribution >= 0.6 is 11.3 Å². The van der Waals surface area contributed by atoms with Crippen molar-refractivity contribution < 1.29 is 23.8 Å². The van der Waals surface area contributed by atoms with Gasteiger partial charge in [0.25, 0.3) is 5.91 Å². The Bertz CT molecular complexity index is 1130. The lowest BCUT2D eigenvalue weighted by atomic mass is 9.99. The summed E-state index contributed by atoms with van der Waals surface area (Å²) >= 11 is 1.23. The van der Waals surface area contributed by atoms with Crippen LogP contribution in [0.25, 0.3) is 0 Å². The van der Waals surface area contributed by atoms with Gasteiger partial charge in [-0.2, -0.15) is 0 Å². The average molecular weight is 410 g/mol. The fourth-order valence-corrected chi connectivity index (χ4v) is 4.32. The summed E-state index contributed by atoms with van der Waals surface area (Å²) in [5.41, 5.74) is 1.00. The number of benzene rings is 1. The number of furan rings is 1. The number of nitrogens with zero attached hydrogens (tertiary/aromatic N) is 2. The number of ketones is 1. The molecule has 1 aliphatic rings. The van der Waals surface area contributed by atoms with Gasteiger partial charge in [0.2, 0.25) is 5.78 Å². The van der Waals surface area contributed by atoms with Gasteiger partial charge in [-0.25, -0.2) is 4.98 Å². The van der Waals surface area contributed by atoms with E-state index in [0.29, 0.717) is 27.8 Å². The molecule has 8 heteroatoms. The quantitative estimate of drug-likeness (QED) is 0.636. The molecule has 29 heavy (non-hydrogen) atoms. The van der Waals surface area contributed by atoms with Crippen LogP contribution in [0.4, 0.5) is 5.69 Å². The molecule has 0 saturated heterocycles. The Morgan fingerprint density at radius 2 is 2.07 bits per heavy atom. The normalized spacial score (nSPS) is 16.6. The smallest absolute Gasteiger partial charge is 0.294 e. The Balaban J connectivity index is 1.87. The van der Waals surface area contributed by atoms with Gasteiger partial charge in [-0.1, -0.05) is 6.07 Å². The zero-order valence-corrected chi connectivity index (χ0v) is 16.8. The lowest BCUT2D eigenvalue weighted by Gasteiger charge is -2.25. The molecule has 1 aliphatic heterocycles. The van der Waals surface area contributed by atoms with Gasteiger partial charge in [0.05, 0.1) is 34.5 Å². The third-order valence-corrected chi connectivity index (χ3v) is 5.78. The monoisotopic (exact) mass is 410 g/mol. The summed E-state index contributed by atoms with van der Waals surface area (Å²) in [4.78, 5) is 32.4. The fraction of sp³-hybridized carbons (Fsp3) is 0.190. The molecule has 0 radical (unpaired) electrons. The highest BCUT2D eigenvalue weighted by molar-refractivity contribution is 7.14. The molecule has 1 aromatic carbocycles. The van der Waals surface area contributed by atoms with E-state index >= 15 is 0 Å². The van der Waals surface area contributed by atoms with Crippen LogP contribution in [0.15, 0.2) is 58.4 Å². The van der Waals surface area contributed by atoms with E-state index in [2.05, 4.69) is 4.98 Å². The third kappa shape index (κ3) is 3.11. The number of rotatable bonds is 5. The minimum absolute atomic E-state index is 0.0282. The van der Waals surface area contributed by atoms with Gasteiger partial charge in [-0.3, -0.25) is 14.5 Å². The first-order chi connectivity index (χ1) is 13.9. The van der Waals surface area contributed by atoms with Crippen LogP contribution in [-0.4, -0.2) is 28.9 Å². The van der Waals surface area contributed by atoms with E-state index in [9.17, 15) is 14.7 Å². The van der Waals surface area contributed by atoms with Crippen molar-refractivity contribution in [3.63, 3.8) is 0 Å². The number of amides is 1. The van der Waals surface area contributed by atoms with E-state index in [1.165, 1.54) is 29.6 Å². The van der Waals surface area contributed by atoms with Crippen molar-refractivity contribution in [2.75, 3.05) is 12.0 Å². The highest BCUT2D eigenvalue weighted by Gasteiger charge is 2.46. The number of hydrogen-bond donors (Lipinski definition) is 1. The molecule has 0 bridgehead atoms. The molecule has 1 amide bonds. The van der Waals surface area contributed by atoms with Crippen molar-refractivity contribution in [2.24, 2.45) is 0 Å². The maximum Gasteiger partial charge on any atom is 0.294 e. The highest BCUT2D eigenvalue weighted by atomic mass is 32.1. The fourth-order valence-electron chi connectivity index (χ4n) is 3.44. The maximum atomic E-state index is 13.3. The Morgan fingerprint density at radius 1 is 1.28 bits per heavy atom. The summed E-state index contributed by atoms with van der Waals surface area (Å²) in [7, 11) is 1.52. The molecular weight excluding hydrogens is 392 g/mol. The van der Waals surface area contributed by atoms with Crippen molar-refractivity contribution in [3.05, 3.63) is 75.3 Å². The predicted molar refractivity (Wildman–Crippen MR) is 108 cm³/mol. The van der Waals surface area contributed by atoms with E-state index in [-0.39, 0.29) is 5.57 Å². The average Bonchev–Trinajstić information content (AvgIpc) is 3.41. The van der Waals surface area contributed by atoms with Crippen LogP contribution < -0.4 is 9.64 Å². The van der Waals surface area contributed by atoms with Crippen LogP contribution in [0.3, 0.4) is 0 Å². The molecular formula is C21H18N2O5S. The van der Waals surface area contributed by atoms with Gasteiger partial charge >= 0.3 is 0 Å². The molecule has 0 aliphatic carbocycles. The van der Waals surface area contributed by atoms with Crippen LogP contribution in [-0.2, 0) is 4.79 Å². The molecule has 2 aromatic heterocycles. The lowest BCUT2D eigenvalue weighted by molar-refractivity contribution is -0.117. The molecule has 1 N–H and O–H groups in total. The molecule has 1 atom stereocenters. The number of hydrogen-bond acceptors (Lipinski definition) is 7. The number of aliphatic hydroxyl groups is 1. The topological polar surface area (TPSA) is 92.9 Å². The summed E-state index contributed by atoms with van der Waals surface area (Å²) in [6.45, 7) is 3.53. The van der Waals surface area contributed by atoms with Crippen molar-refractivity contribution in [3.8, 4) is 5.75 Å². The van der Waals surface area contributed by atoms with Crippen LogP contribution in [0.1, 0.15) is 32.2 Å². The van der Waals surface area contributed by atoms with Crippen molar-refractivity contribution in [1.29, 1.82) is 0 Å². The third-order valence-electron chi connectivity index (χ3n) is 4.71. The summed E-state index contributed by atoms with van der Waals surface area (Å²) in [5.74, 6) is -0.800. The van der Waals surface area contributed by atoms with E-state index in [0.717, 1.165) is 5.01 Å². The zero-order chi connectivity index (χ0) is 20.7. The van der Waals surface area contributed by atoms with Gasteiger partial charge in [0.1, 0.15) is 17.6 Å². The Labute approximate surface area is 170 Å². The second-order valence-electron chi connectivity index (χ2n) is 6.53. The highest BCUT2D eigenvalue weighted by Crippen LogP contribution is 2.43. The van der Waals surface area contributed by atoms with E-state index in [1.807, 2.05) is 0 Å². The summed E-state index contributed by atoms with van der Waals surface area (Å²) in [5, 5.41) is 11.4. The molecule has 0 fully saturated rings. The number of aryl methyl sites for hydroxylation is 2. The van der Waals surface area contributed by atoms with Crippen molar-refractivity contribution in [1.82, 2.24) is 4.98 Å². The predicted octanol–water partition coefficient (Wildman–Crippen LogP) is 4.14. The number of thiazole rings is 1. The lowest BCUT2D eigenvalue weighted by Crippen LogP contribution is -2.30. The Hall–Kier alpha value is -3.39. The first-order valence-electron chi connectivity index (χ1n) is 8.85. The van der Waals surface area contributed by atoms with Gasteiger partial charge in [-0.05, 0) is 38.1 Å². The number of anilines is 1.